The monoisotopic (exact) mass is 490 g/mol. The highest BCUT2D eigenvalue weighted by atomic mass is 32.2. The highest BCUT2D eigenvalue weighted by Crippen LogP contribution is 2.36. The maximum Gasteiger partial charge on any atom is 0.247 e. The van der Waals surface area contributed by atoms with Crippen LogP contribution in [0.4, 0.5) is 0 Å². The van der Waals surface area contributed by atoms with E-state index in [1.165, 1.54) is 10.4 Å². The summed E-state index contributed by atoms with van der Waals surface area (Å²) in [5.41, 5.74) is 1.60. The van der Waals surface area contributed by atoms with E-state index in [1.807, 2.05) is 33.2 Å². The first-order chi connectivity index (χ1) is 16.0. The van der Waals surface area contributed by atoms with Gasteiger partial charge in [0.25, 0.3) is 0 Å². The summed E-state index contributed by atoms with van der Waals surface area (Å²) in [6.07, 6.45) is 2.92. The average Bonchev–Trinajstić information content (AvgIpc) is 2.80. The molecule has 1 amide bonds. The second kappa shape index (κ2) is 10.8. The molecule has 1 N–H and O–H groups in total. The summed E-state index contributed by atoms with van der Waals surface area (Å²) in [5.74, 6) is -0.0736. The van der Waals surface area contributed by atoms with Gasteiger partial charge < -0.3 is 19.6 Å². The Bertz CT molecular complexity index is 1090. The fourth-order valence-electron chi connectivity index (χ4n) is 3.92. The zero-order valence-corrected chi connectivity index (χ0v) is 21.2. The summed E-state index contributed by atoms with van der Waals surface area (Å²) < 4.78 is 34.8. The summed E-state index contributed by atoms with van der Waals surface area (Å²) in [5, 5.41) is 9.77. The van der Waals surface area contributed by atoms with Gasteiger partial charge in [-0.25, -0.2) is 8.42 Å². The van der Waals surface area contributed by atoms with Crippen LogP contribution in [-0.2, 0) is 14.8 Å². The Labute approximate surface area is 202 Å². The first-order valence-corrected chi connectivity index (χ1v) is 12.7. The Morgan fingerprint density at radius 2 is 2.00 bits per heavy atom. The summed E-state index contributed by atoms with van der Waals surface area (Å²) in [4.78, 5) is 20.2. The fraction of sp³-hybridized carbons (Fsp3) is 0.500. The molecule has 0 radical (unpaired) electrons. The van der Waals surface area contributed by atoms with Crippen LogP contribution in [0.5, 0.6) is 5.75 Å². The molecule has 0 spiro atoms. The van der Waals surface area contributed by atoms with Crippen molar-refractivity contribution in [3.05, 3.63) is 42.7 Å². The topological polar surface area (TPSA) is 103 Å². The van der Waals surface area contributed by atoms with Crippen molar-refractivity contribution in [1.29, 1.82) is 0 Å². The molecule has 3 rings (SSSR count). The number of aliphatic hydroxyl groups excluding tert-OH is 1. The number of nitrogens with zero attached hydrogens (tertiary/aromatic N) is 4. The number of likely N-dealkylation sites (N-methyl/N-ethyl adjacent to an activating group) is 2. The van der Waals surface area contributed by atoms with Crippen LogP contribution in [0.1, 0.15) is 13.8 Å². The summed E-state index contributed by atoms with van der Waals surface area (Å²) >= 11 is 0. The Hall–Kier alpha value is -2.53. The molecule has 0 aliphatic carbocycles. The van der Waals surface area contributed by atoms with Crippen LogP contribution >= 0.6 is 0 Å². The lowest BCUT2D eigenvalue weighted by Crippen LogP contribution is -2.50. The van der Waals surface area contributed by atoms with Gasteiger partial charge in [0.1, 0.15) is 16.7 Å². The van der Waals surface area contributed by atoms with Gasteiger partial charge in [-0.2, -0.15) is 4.31 Å². The van der Waals surface area contributed by atoms with Crippen molar-refractivity contribution in [2.45, 2.75) is 30.9 Å². The SMILES string of the molecule is C[C@H](CO)N1C[C@H](C)[C@@H](CN(C)C(=O)CN(C)C)Oc2cc(-c3cccnc3)ccc2S1(=O)=O. The molecule has 9 nitrogen and oxygen atoms in total. The van der Waals surface area contributed by atoms with Gasteiger partial charge in [0, 0.05) is 43.5 Å². The Morgan fingerprint density at radius 3 is 2.62 bits per heavy atom. The molecular formula is C24H34N4O5S. The standard InChI is InChI=1S/C24H34N4O5S/c1-17-13-28(18(2)16-29)34(31,32)23-9-8-19(20-7-6-10-25-12-20)11-21(23)33-22(17)14-27(5)24(30)15-26(3)4/h6-12,17-18,22,29H,13-16H2,1-5H3/t17-,18+,22+/m0/s1. The molecule has 1 aromatic carbocycles. The normalized spacial score (nSPS) is 21.1. The summed E-state index contributed by atoms with van der Waals surface area (Å²) in [7, 11) is 1.45. The number of pyridine rings is 1. The number of carbonyl (C=O) groups is 1. The maximum absolute atomic E-state index is 13.6. The van der Waals surface area contributed by atoms with Gasteiger partial charge in [-0.15, -0.1) is 0 Å². The first-order valence-electron chi connectivity index (χ1n) is 11.3. The highest BCUT2D eigenvalue weighted by molar-refractivity contribution is 7.89. The van der Waals surface area contributed by atoms with Crippen molar-refractivity contribution in [3.63, 3.8) is 0 Å². The van der Waals surface area contributed by atoms with E-state index in [0.717, 1.165) is 11.1 Å². The molecular weight excluding hydrogens is 456 g/mol. The Balaban J connectivity index is 2.06. The van der Waals surface area contributed by atoms with E-state index in [0.29, 0.717) is 6.54 Å². The van der Waals surface area contributed by atoms with Crippen LogP contribution in [0.25, 0.3) is 11.1 Å². The molecule has 0 bridgehead atoms. The van der Waals surface area contributed by atoms with Gasteiger partial charge in [-0.1, -0.05) is 19.1 Å². The van der Waals surface area contributed by atoms with Crippen molar-refractivity contribution in [1.82, 2.24) is 19.1 Å². The quantitative estimate of drug-likeness (QED) is 0.628. The van der Waals surface area contributed by atoms with Crippen LogP contribution in [-0.4, -0.2) is 98.1 Å². The van der Waals surface area contributed by atoms with Gasteiger partial charge in [0.05, 0.1) is 19.7 Å². The first kappa shape index (κ1) is 26.1. The molecule has 0 fully saturated rings. The van der Waals surface area contributed by atoms with E-state index in [-0.39, 0.29) is 42.2 Å². The summed E-state index contributed by atoms with van der Waals surface area (Å²) in [6.45, 7) is 4.00. The molecule has 34 heavy (non-hydrogen) atoms. The van der Waals surface area contributed by atoms with Crippen molar-refractivity contribution in [3.8, 4) is 16.9 Å². The van der Waals surface area contributed by atoms with Crippen LogP contribution in [0.3, 0.4) is 0 Å². The molecule has 2 aromatic rings. The molecule has 1 aliphatic heterocycles. The van der Waals surface area contributed by atoms with Gasteiger partial charge in [0.2, 0.25) is 15.9 Å². The second-order valence-corrected chi connectivity index (χ2v) is 11.0. The molecule has 1 aliphatic rings. The number of sulfonamides is 1. The number of aliphatic hydroxyl groups is 1. The van der Waals surface area contributed by atoms with E-state index >= 15 is 0 Å². The van der Waals surface area contributed by atoms with Crippen molar-refractivity contribution in [2.75, 3.05) is 47.4 Å². The molecule has 3 atom stereocenters. The van der Waals surface area contributed by atoms with Gasteiger partial charge in [0.15, 0.2) is 0 Å². The van der Waals surface area contributed by atoms with Gasteiger partial charge in [-0.3, -0.25) is 9.78 Å². The molecule has 2 heterocycles. The number of amides is 1. The number of carbonyl (C=O) groups excluding carboxylic acids is 1. The number of hydrogen-bond acceptors (Lipinski definition) is 7. The Kier molecular flexibility index (Phi) is 8.29. The molecule has 1 aromatic heterocycles. The molecule has 10 heteroatoms. The highest BCUT2D eigenvalue weighted by Gasteiger charge is 2.38. The Morgan fingerprint density at radius 1 is 1.26 bits per heavy atom. The zero-order valence-electron chi connectivity index (χ0n) is 20.4. The lowest BCUT2D eigenvalue weighted by atomic mass is 10.0. The average molecular weight is 491 g/mol. The van der Waals surface area contributed by atoms with Crippen molar-refractivity contribution in [2.24, 2.45) is 5.92 Å². The lowest BCUT2D eigenvalue weighted by molar-refractivity contribution is -0.132. The number of aromatic nitrogens is 1. The number of rotatable bonds is 7. The third kappa shape index (κ3) is 5.75. The molecule has 0 unspecified atom stereocenters. The largest absolute Gasteiger partial charge is 0.487 e. The third-order valence-corrected chi connectivity index (χ3v) is 8.01. The van der Waals surface area contributed by atoms with Crippen molar-refractivity contribution >= 4 is 15.9 Å². The van der Waals surface area contributed by atoms with E-state index in [9.17, 15) is 18.3 Å². The predicted octanol–water partition coefficient (Wildman–Crippen LogP) is 1.54. The van der Waals surface area contributed by atoms with E-state index in [4.69, 9.17) is 4.74 Å². The van der Waals surface area contributed by atoms with Crippen LogP contribution < -0.4 is 4.74 Å². The van der Waals surface area contributed by atoms with E-state index in [2.05, 4.69) is 4.98 Å². The number of benzene rings is 1. The molecule has 186 valence electrons. The fourth-order valence-corrected chi connectivity index (χ4v) is 5.75. The van der Waals surface area contributed by atoms with Gasteiger partial charge in [-0.05, 0) is 44.8 Å². The minimum atomic E-state index is -3.92. The van der Waals surface area contributed by atoms with Crippen molar-refractivity contribution < 1.29 is 23.1 Å². The zero-order chi connectivity index (χ0) is 25.0. The number of fused-ring (bicyclic) bond motifs is 1. The van der Waals surface area contributed by atoms with E-state index in [1.54, 1.807) is 48.3 Å². The maximum atomic E-state index is 13.6. The molecule has 0 saturated carbocycles. The lowest BCUT2D eigenvalue weighted by Gasteiger charge is -2.37. The van der Waals surface area contributed by atoms with Gasteiger partial charge >= 0.3 is 0 Å². The molecule has 0 saturated heterocycles. The van der Waals surface area contributed by atoms with Crippen LogP contribution in [0.2, 0.25) is 0 Å². The van der Waals surface area contributed by atoms with Crippen LogP contribution in [0, 0.1) is 5.92 Å². The second-order valence-electron chi connectivity index (χ2n) is 9.16. The minimum absolute atomic E-state index is 0.0413. The number of hydrogen-bond donors (Lipinski definition) is 1. The third-order valence-electron chi connectivity index (χ3n) is 5.99. The van der Waals surface area contributed by atoms with E-state index < -0.39 is 22.2 Å². The smallest absolute Gasteiger partial charge is 0.247 e. The minimum Gasteiger partial charge on any atom is -0.487 e. The summed E-state index contributed by atoms with van der Waals surface area (Å²) in [6, 6.07) is 8.07. The predicted molar refractivity (Wildman–Crippen MR) is 130 cm³/mol. The van der Waals surface area contributed by atoms with Crippen LogP contribution in [0.15, 0.2) is 47.6 Å². The number of ether oxygens (including phenoxy) is 1.